The summed E-state index contributed by atoms with van der Waals surface area (Å²) >= 11 is 0. The largest absolute Gasteiger partial charge is 0.497 e. The van der Waals surface area contributed by atoms with Crippen LogP contribution < -0.4 is 15.2 Å². The third-order valence-electron chi connectivity index (χ3n) is 2.97. The summed E-state index contributed by atoms with van der Waals surface area (Å²) in [5.41, 5.74) is 5.09. The second-order valence-electron chi connectivity index (χ2n) is 4.27. The van der Waals surface area contributed by atoms with Crippen molar-refractivity contribution < 1.29 is 22.6 Å². The Bertz CT molecular complexity index is 433. The summed E-state index contributed by atoms with van der Waals surface area (Å²) in [6.45, 7) is 2.20. The number of rotatable bonds is 5. The minimum Gasteiger partial charge on any atom is -0.497 e. The predicted octanol–water partition coefficient (Wildman–Crippen LogP) is 3.17. The first-order valence-corrected chi connectivity index (χ1v) is 5.88. The van der Waals surface area contributed by atoms with E-state index >= 15 is 0 Å². The Labute approximate surface area is 110 Å². The Kier molecular flexibility index (Phi) is 5.05. The average Bonchev–Trinajstić information content (AvgIpc) is 2.36. The molecule has 0 saturated heterocycles. The van der Waals surface area contributed by atoms with Gasteiger partial charge in [-0.05, 0) is 31.0 Å². The van der Waals surface area contributed by atoms with Crippen LogP contribution in [-0.4, -0.2) is 20.8 Å². The lowest BCUT2D eigenvalue weighted by Crippen LogP contribution is -2.12. The van der Waals surface area contributed by atoms with E-state index in [2.05, 4.69) is 0 Å². The van der Waals surface area contributed by atoms with Gasteiger partial charge in [0.25, 0.3) is 0 Å². The van der Waals surface area contributed by atoms with E-state index in [1.165, 1.54) is 14.2 Å². The molecule has 0 amide bonds. The standard InChI is InChI=1S/C13H18F3NO2/c1-8(4-5-17)10-6-9(18-2)7-11(12(10)19-3)13(14,15)16/h6-8H,4-5,17H2,1-3H3. The summed E-state index contributed by atoms with van der Waals surface area (Å²) in [5.74, 6) is -0.141. The number of benzene rings is 1. The summed E-state index contributed by atoms with van der Waals surface area (Å²) in [6, 6.07) is 2.51. The van der Waals surface area contributed by atoms with Gasteiger partial charge in [0.1, 0.15) is 17.1 Å². The first kappa shape index (κ1) is 15.6. The van der Waals surface area contributed by atoms with E-state index in [0.29, 0.717) is 18.5 Å². The Hall–Kier alpha value is -1.43. The monoisotopic (exact) mass is 277 g/mol. The molecular formula is C13H18F3NO2. The van der Waals surface area contributed by atoms with Crippen LogP contribution in [0.5, 0.6) is 11.5 Å². The van der Waals surface area contributed by atoms with Gasteiger partial charge in [0, 0.05) is 5.56 Å². The third kappa shape index (κ3) is 3.53. The van der Waals surface area contributed by atoms with E-state index in [-0.39, 0.29) is 17.4 Å². The summed E-state index contributed by atoms with van der Waals surface area (Å²) < 4.78 is 48.9. The first-order chi connectivity index (χ1) is 8.85. The second-order valence-corrected chi connectivity index (χ2v) is 4.27. The van der Waals surface area contributed by atoms with Crippen LogP contribution in [0.2, 0.25) is 0 Å². The highest BCUT2D eigenvalue weighted by molar-refractivity contribution is 5.50. The molecule has 2 N–H and O–H groups in total. The lowest BCUT2D eigenvalue weighted by Gasteiger charge is -2.20. The van der Waals surface area contributed by atoms with Crippen molar-refractivity contribution in [2.24, 2.45) is 5.73 Å². The molecule has 19 heavy (non-hydrogen) atoms. The summed E-state index contributed by atoms with van der Waals surface area (Å²) in [5, 5.41) is 0. The number of hydrogen-bond donors (Lipinski definition) is 1. The van der Waals surface area contributed by atoms with Gasteiger partial charge in [0.2, 0.25) is 0 Å². The molecule has 1 atom stereocenters. The topological polar surface area (TPSA) is 44.5 Å². The predicted molar refractivity (Wildman–Crippen MR) is 66.6 cm³/mol. The number of halogens is 3. The van der Waals surface area contributed by atoms with Crippen molar-refractivity contribution in [3.05, 3.63) is 23.3 Å². The van der Waals surface area contributed by atoms with Gasteiger partial charge < -0.3 is 15.2 Å². The summed E-state index contributed by atoms with van der Waals surface area (Å²) in [7, 11) is 2.56. The van der Waals surface area contributed by atoms with E-state index in [4.69, 9.17) is 15.2 Å². The molecule has 0 aromatic heterocycles. The molecule has 108 valence electrons. The quantitative estimate of drug-likeness (QED) is 0.899. The van der Waals surface area contributed by atoms with Gasteiger partial charge in [0.15, 0.2) is 0 Å². The maximum absolute atomic E-state index is 13.0. The maximum Gasteiger partial charge on any atom is 0.420 e. The van der Waals surface area contributed by atoms with Crippen LogP contribution in [0.25, 0.3) is 0 Å². The molecule has 1 rings (SSSR count). The first-order valence-electron chi connectivity index (χ1n) is 5.88. The van der Waals surface area contributed by atoms with Crippen molar-refractivity contribution in [2.45, 2.75) is 25.4 Å². The van der Waals surface area contributed by atoms with Gasteiger partial charge in [-0.25, -0.2) is 0 Å². The fourth-order valence-electron chi connectivity index (χ4n) is 1.95. The zero-order chi connectivity index (χ0) is 14.6. The van der Waals surface area contributed by atoms with Crippen LogP contribution in [0.3, 0.4) is 0 Å². The van der Waals surface area contributed by atoms with Crippen molar-refractivity contribution in [1.82, 2.24) is 0 Å². The van der Waals surface area contributed by atoms with E-state index in [1.54, 1.807) is 6.07 Å². The molecule has 0 aliphatic heterocycles. The molecule has 1 unspecified atom stereocenters. The number of hydrogen-bond acceptors (Lipinski definition) is 3. The van der Waals surface area contributed by atoms with Gasteiger partial charge in [-0.2, -0.15) is 13.2 Å². The molecule has 0 saturated carbocycles. The average molecular weight is 277 g/mol. The second kappa shape index (κ2) is 6.14. The fraction of sp³-hybridized carbons (Fsp3) is 0.538. The van der Waals surface area contributed by atoms with Crippen molar-refractivity contribution in [1.29, 1.82) is 0 Å². The van der Waals surface area contributed by atoms with Gasteiger partial charge in [0.05, 0.1) is 14.2 Å². The lowest BCUT2D eigenvalue weighted by molar-refractivity contribution is -0.138. The molecule has 0 fully saturated rings. The van der Waals surface area contributed by atoms with Gasteiger partial charge >= 0.3 is 6.18 Å². The highest BCUT2D eigenvalue weighted by Crippen LogP contribution is 2.43. The molecule has 0 radical (unpaired) electrons. The number of alkyl halides is 3. The number of nitrogens with two attached hydrogens (primary N) is 1. The van der Waals surface area contributed by atoms with Gasteiger partial charge in [-0.15, -0.1) is 0 Å². The minimum absolute atomic E-state index is 0.142. The normalized spacial score (nSPS) is 13.2. The fourth-order valence-corrected chi connectivity index (χ4v) is 1.95. The van der Waals surface area contributed by atoms with Gasteiger partial charge in [-0.3, -0.25) is 0 Å². The minimum atomic E-state index is -4.49. The Morgan fingerprint density at radius 3 is 2.26 bits per heavy atom. The molecule has 0 aliphatic rings. The SMILES string of the molecule is COc1cc(C(C)CCN)c(OC)c(C(F)(F)F)c1. The molecule has 0 spiro atoms. The van der Waals surface area contributed by atoms with Crippen LogP contribution in [0, 0.1) is 0 Å². The summed E-state index contributed by atoms with van der Waals surface area (Å²) in [6.07, 6.45) is -3.92. The Morgan fingerprint density at radius 1 is 1.21 bits per heavy atom. The molecule has 0 heterocycles. The Morgan fingerprint density at radius 2 is 1.84 bits per heavy atom. The van der Waals surface area contributed by atoms with Crippen molar-refractivity contribution in [3.8, 4) is 11.5 Å². The molecule has 6 heteroatoms. The van der Waals surface area contributed by atoms with Crippen LogP contribution in [0.4, 0.5) is 13.2 Å². The highest BCUT2D eigenvalue weighted by atomic mass is 19.4. The molecule has 1 aromatic rings. The third-order valence-corrected chi connectivity index (χ3v) is 2.97. The highest BCUT2D eigenvalue weighted by Gasteiger charge is 2.36. The van der Waals surface area contributed by atoms with E-state index in [1.807, 2.05) is 6.92 Å². The molecule has 3 nitrogen and oxygen atoms in total. The molecule has 0 bridgehead atoms. The number of ether oxygens (including phenoxy) is 2. The lowest BCUT2D eigenvalue weighted by atomic mass is 9.94. The Balaban J connectivity index is 3.43. The zero-order valence-corrected chi connectivity index (χ0v) is 11.2. The van der Waals surface area contributed by atoms with Crippen molar-refractivity contribution >= 4 is 0 Å². The van der Waals surface area contributed by atoms with Crippen LogP contribution in [0.1, 0.15) is 30.4 Å². The van der Waals surface area contributed by atoms with E-state index < -0.39 is 11.7 Å². The molecular weight excluding hydrogens is 259 g/mol. The van der Waals surface area contributed by atoms with Crippen LogP contribution >= 0.6 is 0 Å². The van der Waals surface area contributed by atoms with E-state index in [9.17, 15) is 13.2 Å². The molecule has 1 aromatic carbocycles. The van der Waals surface area contributed by atoms with Crippen molar-refractivity contribution in [2.75, 3.05) is 20.8 Å². The van der Waals surface area contributed by atoms with E-state index in [0.717, 1.165) is 6.07 Å². The molecule has 0 aliphatic carbocycles. The number of methoxy groups -OCH3 is 2. The smallest absolute Gasteiger partial charge is 0.420 e. The van der Waals surface area contributed by atoms with Crippen LogP contribution in [0.15, 0.2) is 12.1 Å². The maximum atomic E-state index is 13.0. The van der Waals surface area contributed by atoms with Crippen LogP contribution in [-0.2, 0) is 6.18 Å². The zero-order valence-electron chi connectivity index (χ0n) is 11.2. The van der Waals surface area contributed by atoms with Gasteiger partial charge in [-0.1, -0.05) is 6.92 Å². The van der Waals surface area contributed by atoms with Crippen molar-refractivity contribution in [3.63, 3.8) is 0 Å². The summed E-state index contributed by atoms with van der Waals surface area (Å²) in [4.78, 5) is 0.